The van der Waals surface area contributed by atoms with E-state index in [-0.39, 0.29) is 18.6 Å². The van der Waals surface area contributed by atoms with Gasteiger partial charge >= 0.3 is 0 Å². The molecule has 4 nitrogen and oxygen atoms in total. The molecule has 1 fully saturated rings. The molecule has 1 unspecified atom stereocenters. The van der Waals surface area contributed by atoms with Gasteiger partial charge in [-0.25, -0.2) is 0 Å². The average Bonchev–Trinajstić information content (AvgIpc) is 2.96. The number of aliphatic hydroxyl groups is 1. The first-order valence-electron chi connectivity index (χ1n) is 5.36. The zero-order chi connectivity index (χ0) is 12.1. The van der Waals surface area contributed by atoms with Gasteiger partial charge in [0.2, 0.25) is 0 Å². The summed E-state index contributed by atoms with van der Waals surface area (Å²) in [5, 5.41) is 13.3. The van der Waals surface area contributed by atoms with Crippen molar-refractivity contribution in [3.63, 3.8) is 0 Å². The molecule has 0 saturated carbocycles. The second-order valence-corrected chi connectivity index (χ2v) is 4.60. The standard InChI is InChI=1S/C12H13NO3S/c14-4-1-2-11-6-9(8-17-11)12(15)13-10-3-5-16-7-10/h6,8,10,14H,3-5,7H2,(H,13,15). The van der Waals surface area contributed by atoms with Crippen LogP contribution in [0, 0.1) is 11.8 Å². The van der Waals surface area contributed by atoms with E-state index in [4.69, 9.17) is 9.84 Å². The Morgan fingerprint density at radius 1 is 1.71 bits per heavy atom. The monoisotopic (exact) mass is 251 g/mol. The molecule has 0 bridgehead atoms. The highest BCUT2D eigenvalue weighted by Gasteiger charge is 2.18. The van der Waals surface area contributed by atoms with Gasteiger partial charge in [-0.05, 0) is 12.5 Å². The van der Waals surface area contributed by atoms with Crippen LogP contribution in [0.25, 0.3) is 0 Å². The van der Waals surface area contributed by atoms with Gasteiger partial charge < -0.3 is 15.2 Å². The molecule has 17 heavy (non-hydrogen) atoms. The van der Waals surface area contributed by atoms with E-state index in [1.54, 1.807) is 11.4 Å². The summed E-state index contributed by atoms with van der Waals surface area (Å²) in [6.45, 7) is 1.13. The molecule has 5 heteroatoms. The number of aliphatic hydroxyl groups excluding tert-OH is 1. The van der Waals surface area contributed by atoms with Crippen molar-refractivity contribution in [2.45, 2.75) is 12.5 Å². The molecule has 2 heterocycles. The van der Waals surface area contributed by atoms with E-state index in [9.17, 15) is 4.79 Å². The summed E-state index contributed by atoms with van der Waals surface area (Å²) in [4.78, 5) is 12.6. The van der Waals surface area contributed by atoms with Crippen LogP contribution >= 0.6 is 11.3 Å². The third-order valence-electron chi connectivity index (χ3n) is 2.42. The van der Waals surface area contributed by atoms with Gasteiger partial charge in [0.25, 0.3) is 5.91 Å². The summed E-state index contributed by atoms with van der Waals surface area (Å²) < 4.78 is 5.19. The first kappa shape index (κ1) is 12.1. The number of hydrogen-bond donors (Lipinski definition) is 2. The quantitative estimate of drug-likeness (QED) is 0.757. The Morgan fingerprint density at radius 3 is 3.29 bits per heavy atom. The fourth-order valence-corrected chi connectivity index (χ4v) is 2.32. The fraction of sp³-hybridized carbons (Fsp3) is 0.417. The van der Waals surface area contributed by atoms with Gasteiger partial charge in [-0.2, -0.15) is 0 Å². The summed E-state index contributed by atoms with van der Waals surface area (Å²) in [5.74, 6) is 5.24. The highest BCUT2D eigenvalue weighted by Crippen LogP contribution is 2.14. The molecular formula is C12H13NO3S. The molecule has 1 aliphatic heterocycles. The van der Waals surface area contributed by atoms with Crippen molar-refractivity contribution in [1.82, 2.24) is 5.32 Å². The Kier molecular flexibility index (Phi) is 4.15. The van der Waals surface area contributed by atoms with E-state index in [2.05, 4.69) is 17.2 Å². The largest absolute Gasteiger partial charge is 0.384 e. The van der Waals surface area contributed by atoms with Crippen LogP contribution < -0.4 is 5.32 Å². The van der Waals surface area contributed by atoms with Gasteiger partial charge in [0.1, 0.15) is 6.61 Å². The van der Waals surface area contributed by atoms with E-state index in [0.717, 1.165) is 11.3 Å². The van der Waals surface area contributed by atoms with Gasteiger partial charge in [-0.3, -0.25) is 4.79 Å². The van der Waals surface area contributed by atoms with Crippen LogP contribution in [0.4, 0.5) is 0 Å². The van der Waals surface area contributed by atoms with Crippen molar-refractivity contribution >= 4 is 17.2 Å². The Labute approximate surface area is 104 Å². The van der Waals surface area contributed by atoms with Gasteiger partial charge in [0.05, 0.1) is 23.1 Å². The summed E-state index contributed by atoms with van der Waals surface area (Å²) in [5.41, 5.74) is 0.615. The van der Waals surface area contributed by atoms with Crippen molar-refractivity contribution in [2.75, 3.05) is 19.8 Å². The lowest BCUT2D eigenvalue weighted by Crippen LogP contribution is -2.34. The number of amides is 1. The van der Waals surface area contributed by atoms with E-state index in [0.29, 0.717) is 18.8 Å². The molecule has 1 atom stereocenters. The number of hydrogen-bond acceptors (Lipinski definition) is 4. The summed E-state index contributed by atoms with van der Waals surface area (Å²) in [6, 6.07) is 1.85. The molecule has 1 aliphatic rings. The van der Waals surface area contributed by atoms with Crippen molar-refractivity contribution in [3.05, 3.63) is 21.9 Å². The third-order valence-corrected chi connectivity index (χ3v) is 3.26. The number of carbonyl (C=O) groups excluding carboxylic acids is 1. The smallest absolute Gasteiger partial charge is 0.252 e. The number of rotatable bonds is 2. The molecule has 1 amide bonds. The van der Waals surface area contributed by atoms with Crippen LogP contribution in [-0.2, 0) is 4.74 Å². The van der Waals surface area contributed by atoms with Crippen molar-refractivity contribution in [1.29, 1.82) is 0 Å². The second-order valence-electron chi connectivity index (χ2n) is 3.69. The van der Waals surface area contributed by atoms with Crippen LogP contribution in [0.2, 0.25) is 0 Å². The van der Waals surface area contributed by atoms with Gasteiger partial charge in [-0.1, -0.05) is 11.8 Å². The van der Waals surface area contributed by atoms with Crippen molar-refractivity contribution < 1.29 is 14.6 Å². The molecule has 1 aromatic rings. The van der Waals surface area contributed by atoms with Crippen LogP contribution in [0.3, 0.4) is 0 Å². The van der Waals surface area contributed by atoms with Crippen LogP contribution in [-0.4, -0.2) is 36.9 Å². The number of ether oxygens (including phenoxy) is 1. The van der Waals surface area contributed by atoms with Crippen molar-refractivity contribution in [2.24, 2.45) is 0 Å². The van der Waals surface area contributed by atoms with Crippen LogP contribution in [0.1, 0.15) is 21.7 Å². The summed E-state index contributed by atoms with van der Waals surface area (Å²) in [7, 11) is 0. The Morgan fingerprint density at radius 2 is 2.59 bits per heavy atom. The lowest BCUT2D eigenvalue weighted by Gasteiger charge is -2.08. The molecule has 2 rings (SSSR count). The number of thiophene rings is 1. The van der Waals surface area contributed by atoms with E-state index < -0.39 is 0 Å². The highest BCUT2D eigenvalue weighted by molar-refractivity contribution is 7.10. The van der Waals surface area contributed by atoms with Gasteiger partial charge in [0, 0.05) is 12.0 Å². The average molecular weight is 251 g/mol. The Hall–Kier alpha value is -1.35. The maximum atomic E-state index is 11.8. The molecule has 0 aliphatic carbocycles. The lowest BCUT2D eigenvalue weighted by atomic mass is 10.2. The van der Waals surface area contributed by atoms with Crippen LogP contribution in [0.5, 0.6) is 0 Å². The minimum Gasteiger partial charge on any atom is -0.384 e. The van der Waals surface area contributed by atoms with E-state index >= 15 is 0 Å². The Balaban J connectivity index is 1.96. The maximum Gasteiger partial charge on any atom is 0.252 e. The molecule has 90 valence electrons. The second kappa shape index (κ2) is 5.82. The first-order valence-corrected chi connectivity index (χ1v) is 6.24. The van der Waals surface area contributed by atoms with Gasteiger partial charge in [0.15, 0.2) is 0 Å². The molecule has 0 radical (unpaired) electrons. The van der Waals surface area contributed by atoms with Crippen LogP contribution in [0.15, 0.2) is 11.4 Å². The SMILES string of the molecule is O=C(NC1CCOC1)c1csc(C#CCO)c1. The molecule has 0 aromatic carbocycles. The maximum absolute atomic E-state index is 11.8. The van der Waals surface area contributed by atoms with Gasteiger partial charge in [-0.15, -0.1) is 11.3 Å². The minimum absolute atomic E-state index is 0.0891. The molecule has 2 N–H and O–H groups in total. The predicted octanol–water partition coefficient (Wildman–Crippen LogP) is 0.611. The molecule has 1 saturated heterocycles. The summed E-state index contributed by atoms with van der Waals surface area (Å²) in [6.07, 6.45) is 0.868. The normalized spacial score (nSPS) is 18.5. The number of carbonyl (C=O) groups is 1. The first-order chi connectivity index (χ1) is 8.29. The summed E-state index contributed by atoms with van der Waals surface area (Å²) >= 11 is 1.40. The molecule has 0 spiro atoms. The van der Waals surface area contributed by atoms with E-state index in [1.165, 1.54) is 11.3 Å². The lowest BCUT2D eigenvalue weighted by molar-refractivity contribution is 0.0930. The Bertz CT molecular complexity index is 452. The number of nitrogens with one attached hydrogen (secondary N) is 1. The molecular weight excluding hydrogens is 238 g/mol. The topological polar surface area (TPSA) is 58.6 Å². The minimum atomic E-state index is -0.168. The predicted molar refractivity (Wildman–Crippen MR) is 65.0 cm³/mol. The van der Waals surface area contributed by atoms with Crippen molar-refractivity contribution in [3.8, 4) is 11.8 Å². The highest BCUT2D eigenvalue weighted by atomic mass is 32.1. The molecule has 1 aromatic heterocycles. The van der Waals surface area contributed by atoms with E-state index in [1.807, 2.05) is 0 Å². The zero-order valence-corrected chi connectivity index (χ0v) is 10.0. The zero-order valence-electron chi connectivity index (χ0n) is 9.23. The fourth-order valence-electron chi connectivity index (χ4n) is 1.56. The third kappa shape index (κ3) is 3.30.